The Hall–Kier alpha value is -1.50. The van der Waals surface area contributed by atoms with E-state index in [9.17, 15) is 9.59 Å². The lowest BCUT2D eigenvalue weighted by Crippen LogP contribution is -2.35. The molecular weight excluding hydrogens is 352 g/mol. The Kier molecular flexibility index (Phi) is 6.95. The first-order valence-electron chi connectivity index (χ1n) is 6.94. The lowest BCUT2D eigenvalue weighted by molar-refractivity contribution is -0.131. The topological polar surface area (TPSA) is 49.4 Å². The number of carbonyl (C=O) groups is 2. The molecule has 0 saturated heterocycles. The maximum absolute atomic E-state index is 12.0. The third-order valence-corrected chi connectivity index (χ3v) is 5.26. The summed E-state index contributed by atoms with van der Waals surface area (Å²) in [6, 6.07) is 10.9. The number of hydrogen-bond donors (Lipinski definition) is 1. The number of halogens is 1. The number of thiophene rings is 1. The molecule has 4 nitrogen and oxygen atoms in total. The SMILES string of the molecule is CN(CC(=O)Nc1ccc(Cl)cc1)C(=O)CSCc1cccs1. The Morgan fingerprint density at radius 3 is 2.65 bits per heavy atom. The highest BCUT2D eigenvalue weighted by atomic mass is 35.5. The summed E-state index contributed by atoms with van der Waals surface area (Å²) in [5.74, 6) is 0.890. The molecule has 1 aromatic heterocycles. The first kappa shape index (κ1) is 17.8. The van der Waals surface area contributed by atoms with E-state index in [1.54, 1.807) is 54.4 Å². The number of benzene rings is 1. The second-order valence-electron chi connectivity index (χ2n) is 4.88. The van der Waals surface area contributed by atoms with Gasteiger partial charge in [-0.15, -0.1) is 23.1 Å². The van der Waals surface area contributed by atoms with Crippen molar-refractivity contribution in [2.24, 2.45) is 0 Å². The van der Waals surface area contributed by atoms with Gasteiger partial charge in [0.25, 0.3) is 0 Å². The molecule has 0 unspecified atom stereocenters. The van der Waals surface area contributed by atoms with Gasteiger partial charge in [0.15, 0.2) is 0 Å². The highest BCUT2D eigenvalue weighted by molar-refractivity contribution is 7.99. The standard InChI is InChI=1S/C16H17ClN2O2S2/c1-19(16(21)11-22-10-14-3-2-8-23-14)9-15(20)18-13-6-4-12(17)5-7-13/h2-8H,9-11H2,1H3,(H,18,20). The smallest absolute Gasteiger partial charge is 0.243 e. The van der Waals surface area contributed by atoms with Gasteiger partial charge in [0.2, 0.25) is 11.8 Å². The minimum absolute atomic E-state index is 0.0288. The second kappa shape index (κ2) is 8.96. The number of rotatable bonds is 7. The number of nitrogens with zero attached hydrogens (tertiary/aromatic N) is 1. The van der Waals surface area contributed by atoms with Crippen LogP contribution in [0.25, 0.3) is 0 Å². The average molecular weight is 369 g/mol. The van der Waals surface area contributed by atoms with Gasteiger partial charge in [0, 0.05) is 28.4 Å². The van der Waals surface area contributed by atoms with Crippen LogP contribution in [0.1, 0.15) is 4.88 Å². The van der Waals surface area contributed by atoms with Crippen LogP contribution in [0.15, 0.2) is 41.8 Å². The first-order valence-corrected chi connectivity index (χ1v) is 9.35. The molecule has 2 aromatic rings. The normalized spacial score (nSPS) is 10.3. The molecule has 0 bridgehead atoms. The van der Waals surface area contributed by atoms with E-state index in [-0.39, 0.29) is 18.4 Å². The van der Waals surface area contributed by atoms with Crippen LogP contribution in [-0.2, 0) is 15.3 Å². The monoisotopic (exact) mass is 368 g/mol. The van der Waals surface area contributed by atoms with E-state index in [4.69, 9.17) is 11.6 Å². The molecule has 0 aliphatic carbocycles. The molecule has 0 atom stereocenters. The minimum atomic E-state index is -0.230. The molecule has 23 heavy (non-hydrogen) atoms. The Labute approximate surface area is 148 Å². The van der Waals surface area contributed by atoms with Crippen molar-refractivity contribution in [3.8, 4) is 0 Å². The van der Waals surface area contributed by atoms with Crippen molar-refractivity contribution < 1.29 is 9.59 Å². The largest absolute Gasteiger partial charge is 0.336 e. The second-order valence-corrected chi connectivity index (χ2v) is 7.33. The van der Waals surface area contributed by atoms with Crippen molar-refractivity contribution >= 4 is 52.2 Å². The van der Waals surface area contributed by atoms with E-state index in [1.807, 2.05) is 17.5 Å². The van der Waals surface area contributed by atoms with Gasteiger partial charge in [0.05, 0.1) is 12.3 Å². The van der Waals surface area contributed by atoms with Gasteiger partial charge in [-0.25, -0.2) is 0 Å². The van der Waals surface area contributed by atoms with E-state index < -0.39 is 0 Å². The van der Waals surface area contributed by atoms with Gasteiger partial charge < -0.3 is 10.2 Å². The minimum Gasteiger partial charge on any atom is -0.336 e. The number of hydrogen-bond acceptors (Lipinski definition) is 4. The molecule has 0 aliphatic heterocycles. The molecule has 122 valence electrons. The third kappa shape index (κ3) is 6.25. The van der Waals surface area contributed by atoms with Crippen LogP contribution in [0.5, 0.6) is 0 Å². The first-order chi connectivity index (χ1) is 11.0. The summed E-state index contributed by atoms with van der Waals surface area (Å²) in [7, 11) is 1.63. The van der Waals surface area contributed by atoms with E-state index in [0.717, 1.165) is 5.75 Å². The van der Waals surface area contributed by atoms with Crippen molar-refractivity contribution in [2.75, 3.05) is 24.7 Å². The van der Waals surface area contributed by atoms with E-state index in [2.05, 4.69) is 5.32 Å². The van der Waals surface area contributed by atoms with Crippen molar-refractivity contribution in [1.82, 2.24) is 4.90 Å². The molecular formula is C16H17ClN2O2S2. The molecule has 0 saturated carbocycles. The van der Waals surface area contributed by atoms with Crippen LogP contribution in [0, 0.1) is 0 Å². The Balaban J connectivity index is 1.71. The molecule has 0 spiro atoms. The Bertz CT molecular complexity index is 645. The molecule has 0 radical (unpaired) electrons. The van der Waals surface area contributed by atoms with Crippen LogP contribution in [0.4, 0.5) is 5.69 Å². The number of amides is 2. The van der Waals surface area contributed by atoms with E-state index >= 15 is 0 Å². The Morgan fingerprint density at radius 2 is 2.00 bits per heavy atom. The van der Waals surface area contributed by atoms with Gasteiger partial charge in [-0.2, -0.15) is 0 Å². The van der Waals surface area contributed by atoms with Crippen molar-refractivity contribution in [3.63, 3.8) is 0 Å². The number of anilines is 1. The third-order valence-electron chi connectivity index (χ3n) is 2.98. The molecule has 1 N–H and O–H groups in total. The van der Waals surface area contributed by atoms with Gasteiger partial charge in [-0.05, 0) is 35.7 Å². The van der Waals surface area contributed by atoms with Gasteiger partial charge >= 0.3 is 0 Å². The quantitative estimate of drug-likeness (QED) is 0.810. The molecule has 2 amide bonds. The lowest BCUT2D eigenvalue weighted by Gasteiger charge is -2.16. The van der Waals surface area contributed by atoms with Crippen LogP contribution in [0.3, 0.4) is 0 Å². The predicted molar refractivity (Wildman–Crippen MR) is 98.2 cm³/mol. The van der Waals surface area contributed by atoms with Crippen molar-refractivity contribution in [2.45, 2.75) is 5.75 Å². The number of nitrogens with one attached hydrogen (secondary N) is 1. The fraction of sp³-hybridized carbons (Fsp3) is 0.250. The zero-order chi connectivity index (χ0) is 16.7. The summed E-state index contributed by atoms with van der Waals surface area (Å²) in [6.45, 7) is 0.0288. The Morgan fingerprint density at radius 1 is 1.26 bits per heavy atom. The maximum atomic E-state index is 12.0. The zero-order valence-electron chi connectivity index (χ0n) is 12.6. The van der Waals surface area contributed by atoms with Crippen LogP contribution in [-0.4, -0.2) is 36.1 Å². The predicted octanol–water partition coefficient (Wildman–Crippen LogP) is 3.73. The lowest BCUT2D eigenvalue weighted by atomic mass is 10.3. The van der Waals surface area contributed by atoms with Crippen molar-refractivity contribution in [3.05, 3.63) is 51.7 Å². The maximum Gasteiger partial charge on any atom is 0.243 e. The summed E-state index contributed by atoms with van der Waals surface area (Å²) in [5.41, 5.74) is 0.660. The zero-order valence-corrected chi connectivity index (χ0v) is 15.0. The van der Waals surface area contributed by atoms with Gasteiger partial charge in [-0.3, -0.25) is 9.59 Å². The summed E-state index contributed by atoms with van der Waals surface area (Å²) in [6.07, 6.45) is 0. The summed E-state index contributed by atoms with van der Waals surface area (Å²) in [5, 5.41) is 5.36. The van der Waals surface area contributed by atoms with E-state index in [1.165, 1.54) is 9.78 Å². The molecule has 2 rings (SSSR count). The molecule has 1 aromatic carbocycles. The number of thioether (sulfide) groups is 1. The van der Waals surface area contributed by atoms with Gasteiger partial charge in [-0.1, -0.05) is 17.7 Å². The molecule has 0 aliphatic rings. The summed E-state index contributed by atoms with van der Waals surface area (Å²) >= 11 is 9.02. The van der Waals surface area contributed by atoms with Crippen LogP contribution in [0.2, 0.25) is 5.02 Å². The number of likely N-dealkylation sites (N-methyl/N-ethyl adjacent to an activating group) is 1. The fourth-order valence-corrected chi connectivity index (χ4v) is 3.71. The van der Waals surface area contributed by atoms with Crippen LogP contribution >= 0.6 is 34.7 Å². The molecule has 0 fully saturated rings. The van der Waals surface area contributed by atoms with Crippen LogP contribution < -0.4 is 5.32 Å². The number of carbonyl (C=O) groups excluding carboxylic acids is 2. The molecule has 1 heterocycles. The van der Waals surface area contributed by atoms with Crippen molar-refractivity contribution in [1.29, 1.82) is 0 Å². The van der Waals surface area contributed by atoms with Gasteiger partial charge in [0.1, 0.15) is 0 Å². The molecule has 7 heteroatoms. The summed E-state index contributed by atoms with van der Waals surface area (Å²) < 4.78 is 0. The van der Waals surface area contributed by atoms with E-state index in [0.29, 0.717) is 16.5 Å². The summed E-state index contributed by atoms with van der Waals surface area (Å²) in [4.78, 5) is 26.6. The highest BCUT2D eigenvalue weighted by Crippen LogP contribution is 2.17. The average Bonchev–Trinajstić information content (AvgIpc) is 3.02. The highest BCUT2D eigenvalue weighted by Gasteiger charge is 2.13. The fourth-order valence-electron chi connectivity index (χ4n) is 1.78.